The zero-order valence-electron chi connectivity index (χ0n) is 20.5. The summed E-state index contributed by atoms with van der Waals surface area (Å²) in [7, 11) is -0.760. The van der Waals surface area contributed by atoms with Crippen molar-refractivity contribution in [2.75, 3.05) is 30.9 Å². The Hall–Kier alpha value is -3.65. The molecule has 3 aromatic rings. The van der Waals surface area contributed by atoms with Gasteiger partial charge in [-0.25, -0.2) is 8.42 Å². The lowest BCUT2D eigenvalue weighted by Gasteiger charge is -2.37. The Kier molecular flexibility index (Phi) is 6.53. The van der Waals surface area contributed by atoms with Crippen LogP contribution in [0.25, 0.3) is 0 Å². The second kappa shape index (κ2) is 9.78. The molecule has 0 unspecified atom stereocenters. The van der Waals surface area contributed by atoms with E-state index in [1.165, 1.54) is 19.8 Å². The summed E-state index contributed by atoms with van der Waals surface area (Å²) in [5, 5.41) is 3.67. The molecule has 36 heavy (non-hydrogen) atoms. The van der Waals surface area contributed by atoms with Crippen LogP contribution in [0.2, 0.25) is 0 Å². The maximum Gasteiger partial charge on any atom is 0.261 e. The molecule has 2 aliphatic rings. The number of methoxy groups -OCH3 is 2. The van der Waals surface area contributed by atoms with Crippen molar-refractivity contribution >= 4 is 21.4 Å². The molecule has 0 bridgehead atoms. The van der Waals surface area contributed by atoms with E-state index in [1.807, 2.05) is 25.1 Å². The highest BCUT2D eigenvalue weighted by molar-refractivity contribution is 7.92. The van der Waals surface area contributed by atoms with Gasteiger partial charge in [-0.15, -0.1) is 0 Å². The number of allylic oxidation sites excluding steroid dienone is 2. The quantitative estimate of drug-likeness (QED) is 0.380. The van der Waals surface area contributed by atoms with Crippen LogP contribution in [-0.2, 0) is 10.0 Å². The highest BCUT2D eigenvalue weighted by Crippen LogP contribution is 2.50. The minimum absolute atomic E-state index is 0.125. The van der Waals surface area contributed by atoms with Crippen LogP contribution in [-0.4, -0.2) is 29.2 Å². The Morgan fingerprint density at radius 2 is 1.75 bits per heavy atom. The number of hydrogen-bond donors (Lipinski definition) is 2. The maximum absolute atomic E-state index is 13.3. The molecule has 0 saturated carbocycles. The maximum atomic E-state index is 13.3. The average molecular weight is 507 g/mol. The lowest BCUT2D eigenvalue weighted by atomic mass is 9.77. The van der Waals surface area contributed by atoms with E-state index in [-0.39, 0.29) is 16.9 Å². The number of anilines is 2. The van der Waals surface area contributed by atoms with Gasteiger partial charge in [-0.2, -0.15) is 0 Å². The zero-order valence-corrected chi connectivity index (χ0v) is 21.3. The Balaban J connectivity index is 1.43. The Morgan fingerprint density at radius 1 is 0.972 bits per heavy atom. The summed E-state index contributed by atoms with van der Waals surface area (Å²) >= 11 is 0. The number of sulfonamides is 1. The van der Waals surface area contributed by atoms with E-state index in [2.05, 4.69) is 34.3 Å². The van der Waals surface area contributed by atoms with Gasteiger partial charge < -0.3 is 19.5 Å². The van der Waals surface area contributed by atoms with Gasteiger partial charge in [-0.1, -0.05) is 24.3 Å². The largest absolute Gasteiger partial charge is 0.494 e. The molecule has 2 N–H and O–H groups in total. The monoisotopic (exact) mass is 506 g/mol. The summed E-state index contributed by atoms with van der Waals surface area (Å²) in [5.41, 5.74) is 3.53. The van der Waals surface area contributed by atoms with Gasteiger partial charge in [0.1, 0.15) is 5.75 Å². The molecular formula is C28H30N2O5S. The fraction of sp³-hybridized carbons (Fsp3) is 0.286. The van der Waals surface area contributed by atoms with Crippen molar-refractivity contribution in [3.8, 4) is 17.2 Å². The number of hydrogen-bond acceptors (Lipinski definition) is 6. The molecule has 3 aromatic carbocycles. The van der Waals surface area contributed by atoms with E-state index in [1.54, 1.807) is 30.3 Å². The summed E-state index contributed by atoms with van der Waals surface area (Å²) in [5.74, 6) is 2.27. The third-order valence-electron chi connectivity index (χ3n) is 6.83. The zero-order chi connectivity index (χ0) is 25.3. The number of fused-ring (bicyclic) bond motifs is 3. The molecule has 0 fully saturated rings. The first-order valence-corrected chi connectivity index (χ1v) is 13.5. The third-order valence-corrected chi connectivity index (χ3v) is 8.21. The first kappa shape index (κ1) is 24.1. The van der Waals surface area contributed by atoms with Crippen molar-refractivity contribution in [2.45, 2.75) is 30.2 Å². The first-order valence-electron chi connectivity index (χ1n) is 12.0. The van der Waals surface area contributed by atoms with Crippen molar-refractivity contribution in [2.24, 2.45) is 5.92 Å². The Bertz CT molecular complexity index is 1390. The molecule has 0 spiro atoms. The van der Waals surface area contributed by atoms with E-state index in [9.17, 15) is 8.42 Å². The molecule has 0 aromatic heterocycles. The highest BCUT2D eigenvalue weighted by atomic mass is 32.2. The van der Waals surface area contributed by atoms with Crippen LogP contribution in [0.4, 0.5) is 11.4 Å². The van der Waals surface area contributed by atoms with Crippen LogP contribution >= 0.6 is 0 Å². The average Bonchev–Trinajstić information content (AvgIpc) is 3.39. The smallest absolute Gasteiger partial charge is 0.261 e. The van der Waals surface area contributed by atoms with E-state index in [0.29, 0.717) is 29.7 Å². The SMILES string of the molecule is CCOc1ccc([C@H]2Nc3ccc(S(=O)(=O)Nc4ccc(OC)c(OC)c4)cc3[C@H]3C=CC[C@H]32)cc1. The van der Waals surface area contributed by atoms with Crippen LogP contribution in [0.15, 0.2) is 77.7 Å². The summed E-state index contributed by atoms with van der Waals surface area (Å²) in [6.07, 6.45) is 5.32. The summed E-state index contributed by atoms with van der Waals surface area (Å²) in [4.78, 5) is 0.219. The molecule has 7 nitrogen and oxygen atoms in total. The predicted octanol–water partition coefficient (Wildman–Crippen LogP) is 5.73. The second-order valence-corrected chi connectivity index (χ2v) is 10.6. The topological polar surface area (TPSA) is 85.9 Å². The minimum atomic E-state index is -3.81. The van der Waals surface area contributed by atoms with Crippen molar-refractivity contribution in [1.82, 2.24) is 0 Å². The summed E-state index contributed by atoms with van der Waals surface area (Å²) < 4.78 is 45.3. The van der Waals surface area contributed by atoms with E-state index in [0.717, 1.165) is 23.4 Å². The standard InChI is InChI=1S/C28H30N2O5S/c1-4-35-20-11-8-18(9-12-20)28-23-7-5-6-22(23)24-17-21(13-14-25(24)29-28)36(31,32)30-19-10-15-26(33-2)27(16-19)34-3/h5-6,8-17,22-23,28-30H,4,7H2,1-3H3/t22-,23+,28+/m0/s1. The Labute approximate surface area is 212 Å². The van der Waals surface area contributed by atoms with Gasteiger partial charge in [0.15, 0.2) is 11.5 Å². The number of ether oxygens (including phenoxy) is 3. The molecule has 1 heterocycles. The van der Waals surface area contributed by atoms with Gasteiger partial charge in [0.2, 0.25) is 0 Å². The normalized spacial score (nSPS) is 20.1. The Morgan fingerprint density at radius 3 is 2.47 bits per heavy atom. The fourth-order valence-corrected chi connectivity index (χ4v) is 6.21. The minimum Gasteiger partial charge on any atom is -0.494 e. The van der Waals surface area contributed by atoms with Crippen LogP contribution in [0.5, 0.6) is 17.2 Å². The van der Waals surface area contributed by atoms with E-state index < -0.39 is 10.0 Å². The molecule has 0 amide bonds. The van der Waals surface area contributed by atoms with E-state index in [4.69, 9.17) is 14.2 Å². The summed E-state index contributed by atoms with van der Waals surface area (Å²) in [6.45, 7) is 2.61. The highest BCUT2D eigenvalue weighted by Gasteiger charge is 2.38. The van der Waals surface area contributed by atoms with Gasteiger partial charge in [-0.3, -0.25) is 4.72 Å². The number of nitrogens with one attached hydrogen (secondary N) is 2. The lowest BCUT2D eigenvalue weighted by molar-refractivity contribution is 0.340. The molecule has 188 valence electrons. The van der Waals surface area contributed by atoms with Crippen molar-refractivity contribution in [3.63, 3.8) is 0 Å². The van der Waals surface area contributed by atoms with Crippen LogP contribution in [0.1, 0.15) is 36.4 Å². The van der Waals surface area contributed by atoms with Crippen LogP contribution in [0.3, 0.4) is 0 Å². The van der Waals surface area contributed by atoms with Crippen molar-refractivity contribution in [3.05, 3.63) is 83.9 Å². The molecule has 3 atom stereocenters. The van der Waals surface area contributed by atoms with Gasteiger partial charge >= 0.3 is 0 Å². The molecule has 0 saturated heterocycles. The molecular weight excluding hydrogens is 476 g/mol. The third kappa shape index (κ3) is 4.48. The summed E-state index contributed by atoms with van der Waals surface area (Å²) in [6, 6.07) is 18.6. The van der Waals surface area contributed by atoms with Crippen molar-refractivity contribution in [1.29, 1.82) is 0 Å². The van der Waals surface area contributed by atoms with Gasteiger partial charge in [0.05, 0.1) is 37.5 Å². The van der Waals surface area contributed by atoms with Crippen LogP contribution < -0.4 is 24.2 Å². The van der Waals surface area contributed by atoms with Gasteiger partial charge in [-0.05, 0) is 72.9 Å². The molecule has 5 rings (SSSR count). The fourth-order valence-electron chi connectivity index (χ4n) is 5.12. The second-order valence-electron chi connectivity index (χ2n) is 8.90. The van der Waals surface area contributed by atoms with E-state index >= 15 is 0 Å². The first-order chi connectivity index (χ1) is 17.4. The number of rotatable bonds is 8. The van der Waals surface area contributed by atoms with Gasteiger partial charge in [0.25, 0.3) is 10.0 Å². The van der Waals surface area contributed by atoms with Gasteiger partial charge in [0, 0.05) is 17.7 Å². The molecule has 8 heteroatoms. The van der Waals surface area contributed by atoms with Crippen LogP contribution in [0, 0.1) is 5.92 Å². The van der Waals surface area contributed by atoms with Crippen molar-refractivity contribution < 1.29 is 22.6 Å². The molecule has 0 radical (unpaired) electrons. The molecule has 1 aliphatic carbocycles. The lowest BCUT2D eigenvalue weighted by Crippen LogP contribution is -2.29. The molecule has 1 aliphatic heterocycles. The predicted molar refractivity (Wildman–Crippen MR) is 141 cm³/mol. The number of benzene rings is 3.